The molecule has 0 spiro atoms. The highest BCUT2D eigenvalue weighted by Crippen LogP contribution is 2.36. The molecule has 0 unspecified atom stereocenters. The van der Waals surface area contributed by atoms with Crippen LogP contribution in [-0.4, -0.2) is 28.1 Å². The number of primary amides is 1. The number of nitrogens with one attached hydrogen (secondary N) is 1. The van der Waals surface area contributed by atoms with Gasteiger partial charge < -0.3 is 16.8 Å². The lowest BCUT2D eigenvalue weighted by molar-refractivity contribution is -0.123. The topological polar surface area (TPSA) is 131 Å². The SMILES string of the molecule is NC(=O)c1nsc(C(=O)N(c2ccc(F)c(Cl)c2)[C@H](C(=O)NC2CCCC2)c2cccs2)c1N. The average Bonchev–Trinajstić information content (AvgIpc) is 3.56. The zero-order valence-corrected chi connectivity index (χ0v) is 20.2. The Bertz CT molecular complexity index is 1230. The third-order valence-corrected chi connectivity index (χ3v) is 7.64. The van der Waals surface area contributed by atoms with Crippen molar-refractivity contribution >= 4 is 63.6 Å². The van der Waals surface area contributed by atoms with Crippen molar-refractivity contribution in [1.29, 1.82) is 0 Å². The lowest BCUT2D eigenvalue weighted by Gasteiger charge is -2.31. The molecule has 0 radical (unpaired) electrons. The van der Waals surface area contributed by atoms with Crippen molar-refractivity contribution in [3.8, 4) is 0 Å². The van der Waals surface area contributed by atoms with E-state index in [-0.39, 0.29) is 38.9 Å². The van der Waals surface area contributed by atoms with E-state index in [4.69, 9.17) is 23.1 Å². The molecule has 0 bridgehead atoms. The van der Waals surface area contributed by atoms with E-state index in [0.717, 1.165) is 31.7 Å². The first-order chi connectivity index (χ1) is 16.3. The van der Waals surface area contributed by atoms with Gasteiger partial charge in [-0.25, -0.2) is 4.39 Å². The molecule has 1 fully saturated rings. The molecule has 2 heterocycles. The average molecular weight is 522 g/mol. The molecule has 3 amide bonds. The molecule has 0 aliphatic heterocycles. The second-order valence-electron chi connectivity index (χ2n) is 7.82. The third-order valence-electron chi connectivity index (χ3n) is 5.58. The maximum atomic E-state index is 14.0. The minimum Gasteiger partial charge on any atom is -0.395 e. The fraction of sp³-hybridized carbons (Fsp3) is 0.273. The molecule has 34 heavy (non-hydrogen) atoms. The first-order valence-electron chi connectivity index (χ1n) is 10.4. The molecule has 8 nitrogen and oxygen atoms in total. The number of anilines is 2. The Morgan fingerprint density at radius 1 is 1.24 bits per heavy atom. The minimum absolute atomic E-state index is 0.00124. The van der Waals surface area contributed by atoms with Gasteiger partial charge in [-0.1, -0.05) is 30.5 Å². The Balaban J connectivity index is 1.83. The van der Waals surface area contributed by atoms with Gasteiger partial charge in [0.2, 0.25) is 5.91 Å². The fourth-order valence-electron chi connectivity index (χ4n) is 3.93. The monoisotopic (exact) mass is 521 g/mol. The molecule has 12 heteroatoms. The number of aromatic nitrogens is 1. The summed E-state index contributed by atoms with van der Waals surface area (Å²) in [6.45, 7) is 0. The van der Waals surface area contributed by atoms with Crippen LogP contribution < -0.4 is 21.7 Å². The number of benzene rings is 1. The molecule has 1 aliphatic carbocycles. The van der Waals surface area contributed by atoms with Crippen LogP contribution in [0.2, 0.25) is 5.02 Å². The first kappa shape index (κ1) is 24.1. The van der Waals surface area contributed by atoms with Gasteiger partial charge in [0, 0.05) is 16.6 Å². The smallest absolute Gasteiger partial charge is 0.273 e. The van der Waals surface area contributed by atoms with Crippen LogP contribution in [-0.2, 0) is 4.79 Å². The number of nitrogens with zero attached hydrogens (tertiary/aromatic N) is 2. The predicted octanol–water partition coefficient (Wildman–Crippen LogP) is 4.13. The summed E-state index contributed by atoms with van der Waals surface area (Å²) in [5, 5.41) is 4.61. The molecular weight excluding hydrogens is 501 g/mol. The zero-order valence-electron chi connectivity index (χ0n) is 17.8. The Kier molecular flexibility index (Phi) is 7.15. The van der Waals surface area contributed by atoms with Gasteiger partial charge in [-0.15, -0.1) is 11.3 Å². The van der Waals surface area contributed by atoms with Gasteiger partial charge in [0.25, 0.3) is 11.8 Å². The van der Waals surface area contributed by atoms with Gasteiger partial charge >= 0.3 is 0 Å². The quantitative estimate of drug-likeness (QED) is 0.430. The number of hydrogen-bond acceptors (Lipinski definition) is 7. The summed E-state index contributed by atoms with van der Waals surface area (Å²) >= 11 is 8.02. The number of amides is 3. The molecule has 4 rings (SSSR count). The first-order valence-corrected chi connectivity index (χ1v) is 12.5. The minimum atomic E-state index is -1.09. The van der Waals surface area contributed by atoms with Gasteiger partial charge in [-0.2, -0.15) is 4.37 Å². The number of nitrogens with two attached hydrogens (primary N) is 2. The van der Waals surface area contributed by atoms with Crippen molar-refractivity contribution in [3.63, 3.8) is 0 Å². The molecule has 1 aliphatic rings. The lowest BCUT2D eigenvalue weighted by Crippen LogP contribution is -2.46. The van der Waals surface area contributed by atoms with Crippen LogP contribution in [0, 0.1) is 5.82 Å². The van der Waals surface area contributed by atoms with E-state index < -0.39 is 23.7 Å². The molecule has 1 aromatic carbocycles. The summed E-state index contributed by atoms with van der Waals surface area (Å²) < 4.78 is 17.9. The molecular formula is C22H21ClFN5O3S2. The lowest BCUT2D eigenvalue weighted by atomic mass is 10.1. The molecule has 3 aromatic rings. The Morgan fingerprint density at radius 3 is 2.56 bits per heavy atom. The summed E-state index contributed by atoms with van der Waals surface area (Å²) in [4.78, 5) is 40.8. The zero-order chi connectivity index (χ0) is 24.4. The van der Waals surface area contributed by atoms with E-state index in [0.29, 0.717) is 16.4 Å². The number of halogens is 2. The van der Waals surface area contributed by atoms with Crippen LogP contribution in [0.1, 0.15) is 56.8 Å². The van der Waals surface area contributed by atoms with E-state index in [1.54, 1.807) is 17.5 Å². The molecule has 1 atom stereocenters. The summed E-state index contributed by atoms with van der Waals surface area (Å²) in [6.07, 6.45) is 3.72. The number of carbonyl (C=O) groups is 3. The van der Waals surface area contributed by atoms with Crippen LogP contribution in [0.5, 0.6) is 0 Å². The van der Waals surface area contributed by atoms with E-state index in [2.05, 4.69) is 9.69 Å². The number of thiophene rings is 1. The van der Waals surface area contributed by atoms with Crippen molar-refractivity contribution in [2.75, 3.05) is 10.6 Å². The van der Waals surface area contributed by atoms with Crippen molar-refractivity contribution in [1.82, 2.24) is 9.69 Å². The second kappa shape index (κ2) is 10.1. The predicted molar refractivity (Wildman–Crippen MR) is 131 cm³/mol. The fourth-order valence-corrected chi connectivity index (χ4v) is 5.66. The summed E-state index contributed by atoms with van der Waals surface area (Å²) in [6, 6.07) is 6.15. The number of carbonyl (C=O) groups excluding carboxylic acids is 3. The highest BCUT2D eigenvalue weighted by Gasteiger charge is 2.37. The number of nitrogen functional groups attached to an aromatic ring is 1. The van der Waals surface area contributed by atoms with Crippen LogP contribution in [0.4, 0.5) is 15.8 Å². The molecule has 178 valence electrons. The highest BCUT2D eigenvalue weighted by atomic mass is 35.5. The second-order valence-corrected chi connectivity index (χ2v) is 9.98. The van der Waals surface area contributed by atoms with Gasteiger partial charge in [0.05, 0.1) is 10.7 Å². The van der Waals surface area contributed by atoms with Crippen molar-refractivity contribution in [2.24, 2.45) is 5.73 Å². The number of hydrogen-bond donors (Lipinski definition) is 3. The maximum Gasteiger partial charge on any atom is 0.273 e. The van der Waals surface area contributed by atoms with E-state index in [1.807, 2.05) is 0 Å². The largest absolute Gasteiger partial charge is 0.395 e. The third kappa shape index (κ3) is 4.77. The van der Waals surface area contributed by atoms with Gasteiger partial charge in [-0.3, -0.25) is 19.3 Å². The Hall–Kier alpha value is -3.02. The summed E-state index contributed by atoms with van der Waals surface area (Å²) in [5.41, 5.74) is 11.1. The standard InChI is InChI=1S/C22H21ClFN5O3S2/c23-13-10-12(7-8-14(13)24)29(22(32)19-16(25)17(20(26)30)28-34-19)18(15-6-3-9-33-15)21(31)27-11-4-1-2-5-11/h3,6-11,18H,1-2,4-5,25H2,(H2,26,30)(H,27,31)/t18-/m0/s1. The Morgan fingerprint density at radius 2 is 1.97 bits per heavy atom. The molecule has 1 saturated carbocycles. The van der Waals surface area contributed by atoms with Crippen LogP contribution in [0.15, 0.2) is 35.7 Å². The molecule has 2 aromatic heterocycles. The normalized spacial score (nSPS) is 14.6. The maximum absolute atomic E-state index is 14.0. The van der Waals surface area contributed by atoms with Crippen LogP contribution >= 0.6 is 34.5 Å². The van der Waals surface area contributed by atoms with Gasteiger partial charge in [0.15, 0.2) is 11.7 Å². The highest BCUT2D eigenvalue weighted by molar-refractivity contribution is 7.10. The van der Waals surface area contributed by atoms with Crippen LogP contribution in [0.3, 0.4) is 0 Å². The molecule has 0 saturated heterocycles. The van der Waals surface area contributed by atoms with Gasteiger partial charge in [-0.05, 0) is 54.0 Å². The van der Waals surface area contributed by atoms with E-state index >= 15 is 0 Å². The molecule has 5 N–H and O–H groups in total. The van der Waals surface area contributed by atoms with Gasteiger partial charge in [0.1, 0.15) is 10.7 Å². The van der Waals surface area contributed by atoms with Crippen molar-refractivity contribution in [2.45, 2.75) is 37.8 Å². The summed E-state index contributed by atoms with van der Waals surface area (Å²) in [5.74, 6) is -2.63. The number of rotatable bonds is 7. The summed E-state index contributed by atoms with van der Waals surface area (Å²) in [7, 11) is 0. The van der Waals surface area contributed by atoms with Crippen LogP contribution in [0.25, 0.3) is 0 Å². The van der Waals surface area contributed by atoms with Crippen molar-refractivity contribution < 1.29 is 18.8 Å². The van der Waals surface area contributed by atoms with Crippen molar-refractivity contribution in [3.05, 3.63) is 62.0 Å². The Labute approximate surface area is 207 Å². The van der Waals surface area contributed by atoms with E-state index in [9.17, 15) is 18.8 Å². The van der Waals surface area contributed by atoms with E-state index in [1.165, 1.54) is 28.4 Å².